The van der Waals surface area contributed by atoms with Gasteiger partial charge in [-0.3, -0.25) is 4.79 Å². The SMILES string of the molecule is CCn1c(SCC(=O)Nc2sc3c(c2C#N)CCC(C)C3)nnc1C(C)Oc1ccc(F)cc1F. The summed E-state index contributed by atoms with van der Waals surface area (Å²) in [7, 11) is 0. The lowest BCUT2D eigenvalue weighted by atomic mass is 9.89. The predicted octanol–water partition coefficient (Wildman–Crippen LogP) is 5.50. The molecule has 184 valence electrons. The standard InChI is InChI=1S/C24H25F2N5O2S2/c1-4-31-22(14(3)33-19-8-6-15(25)10-18(19)26)29-30-24(31)34-12-21(32)28-23-17(11-27)16-7-5-13(2)9-20(16)35-23/h6,8,10,13-14H,4-5,7,9,12H2,1-3H3,(H,28,32). The van der Waals surface area contributed by atoms with E-state index in [9.17, 15) is 18.8 Å². The van der Waals surface area contributed by atoms with Crippen LogP contribution >= 0.6 is 23.1 Å². The van der Waals surface area contributed by atoms with Crippen LogP contribution in [0.25, 0.3) is 0 Å². The predicted molar refractivity (Wildman–Crippen MR) is 131 cm³/mol. The number of aromatic nitrogens is 3. The Labute approximate surface area is 210 Å². The van der Waals surface area contributed by atoms with Crippen LogP contribution in [0.3, 0.4) is 0 Å². The summed E-state index contributed by atoms with van der Waals surface area (Å²) in [6.07, 6.45) is 2.20. The van der Waals surface area contributed by atoms with Crippen molar-refractivity contribution in [3.05, 3.63) is 51.7 Å². The minimum Gasteiger partial charge on any atom is -0.480 e. The first-order valence-electron chi connectivity index (χ1n) is 11.3. The van der Waals surface area contributed by atoms with Crippen molar-refractivity contribution in [2.45, 2.75) is 57.8 Å². The van der Waals surface area contributed by atoms with E-state index in [1.165, 1.54) is 34.0 Å². The van der Waals surface area contributed by atoms with Crippen molar-refractivity contribution in [1.82, 2.24) is 14.8 Å². The van der Waals surface area contributed by atoms with Crippen molar-refractivity contribution in [3.63, 3.8) is 0 Å². The molecular formula is C24H25F2N5O2S2. The van der Waals surface area contributed by atoms with Gasteiger partial charge in [-0.2, -0.15) is 5.26 Å². The fourth-order valence-electron chi connectivity index (χ4n) is 4.07. The number of halogens is 2. The number of rotatable bonds is 8. The minimum absolute atomic E-state index is 0.0838. The molecule has 1 N–H and O–H groups in total. The Balaban J connectivity index is 1.41. The second-order valence-electron chi connectivity index (χ2n) is 8.42. The number of hydrogen-bond donors (Lipinski definition) is 1. The van der Waals surface area contributed by atoms with Crippen molar-refractivity contribution in [1.29, 1.82) is 5.26 Å². The molecule has 0 aliphatic heterocycles. The molecule has 2 heterocycles. The van der Waals surface area contributed by atoms with Crippen molar-refractivity contribution in [2.75, 3.05) is 11.1 Å². The Morgan fingerprint density at radius 2 is 2.23 bits per heavy atom. The maximum Gasteiger partial charge on any atom is 0.235 e. The molecule has 4 rings (SSSR count). The van der Waals surface area contributed by atoms with E-state index in [0.29, 0.717) is 34.0 Å². The lowest BCUT2D eigenvalue weighted by molar-refractivity contribution is -0.113. The summed E-state index contributed by atoms with van der Waals surface area (Å²) in [6, 6.07) is 5.37. The molecule has 2 unspecified atom stereocenters. The van der Waals surface area contributed by atoms with Gasteiger partial charge in [0.05, 0.1) is 11.3 Å². The smallest absolute Gasteiger partial charge is 0.235 e. The largest absolute Gasteiger partial charge is 0.480 e. The van der Waals surface area contributed by atoms with Gasteiger partial charge >= 0.3 is 0 Å². The number of carbonyl (C=O) groups excluding carboxylic acids is 1. The fraction of sp³-hybridized carbons (Fsp3) is 0.417. The number of nitrogens with zero attached hydrogens (tertiary/aromatic N) is 4. The third-order valence-electron chi connectivity index (χ3n) is 5.83. The highest BCUT2D eigenvalue weighted by Gasteiger charge is 2.25. The quantitative estimate of drug-likeness (QED) is 0.397. The Morgan fingerprint density at radius 3 is 2.94 bits per heavy atom. The highest BCUT2D eigenvalue weighted by atomic mass is 32.2. The highest BCUT2D eigenvalue weighted by molar-refractivity contribution is 7.99. The second-order valence-corrected chi connectivity index (χ2v) is 10.5. The first-order chi connectivity index (χ1) is 16.8. The molecule has 0 radical (unpaired) electrons. The fourth-order valence-corrected chi connectivity index (χ4v) is 6.26. The molecule has 3 aromatic rings. The lowest BCUT2D eigenvalue weighted by Crippen LogP contribution is -2.15. The van der Waals surface area contributed by atoms with Crippen LogP contribution in [-0.2, 0) is 24.2 Å². The van der Waals surface area contributed by atoms with Crippen molar-refractivity contribution >= 4 is 34.0 Å². The molecule has 1 amide bonds. The number of thiophene rings is 1. The van der Waals surface area contributed by atoms with Crippen LogP contribution < -0.4 is 10.1 Å². The topological polar surface area (TPSA) is 92.8 Å². The molecule has 7 nitrogen and oxygen atoms in total. The van der Waals surface area contributed by atoms with Crippen LogP contribution in [-0.4, -0.2) is 26.4 Å². The summed E-state index contributed by atoms with van der Waals surface area (Å²) in [5.41, 5.74) is 1.65. The molecule has 0 spiro atoms. The molecule has 1 aromatic carbocycles. The molecule has 35 heavy (non-hydrogen) atoms. The van der Waals surface area contributed by atoms with E-state index in [1.807, 2.05) is 6.92 Å². The zero-order chi connectivity index (χ0) is 25.1. The Kier molecular flexibility index (Phi) is 7.72. The summed E-state index contributed by atoms with van der Waals surface area (Å²) < 4.78 is 34.6. The van der Waals surface area contributed by atoms with E-state index >= 15 is 0 Å². The number of carbonyl (C=O) groups is 1. The van der Waals surface area contributed by atoms with E-state index in [4.69, 9.17) is 4.74 Å². The minimum atomic E-state index is -0.799. The van der Waals surface area contributed by atoms with Crippen LogP contribution in [0.15, 0.2) is 23.4 Å². The number of hydrogen-bond acceptors (Lipinski definition) is 7. The molecule has 1 aliphatic rings. The Bertz CT molecular complexity index is 1280. The van der Waals surface area contributed by atoms with Crippen LogP contribution in [0.5, 0.6) is 5.75 Å². The van der Waals surface area contributed by atoms with E-state index in [2.05, 4.69) is 28.5 Å². The Morgan fingerprint density at radius 1 is 1.43 bits per heavy atom. The molecule has 2 atom stereocenters. The maximum atomic E-state index is 14.0. The summed E-state index contributed by atoms with van der Waals surface area (Å²) >= 11 is 2.71. The van der Waals surface area contributed by atoms with Gasteiger partial charge in [0.2, 0.25) is 5.91 Å². The van der Waals surface area contributed by atoms with Gasteiger partial charge in [-0.15, -0.1) is 21.5 Å². The molecule has 0 saturated carbocycles. The number of thioether (sulfide) groups is 1. The number of nitrogens with one attached hydrogen (secondary N) is 1. The third-order valence-corrected chi connectivity index (χ3v) is 7.97. The lowest BCUT2D eigenvalue weighted by Gasteiger charge is -2.17. The highest BCUT2D eigenvalue weighted by Crippen LogP contribution is 2.39. The van der Waals surface area contributed by atoms with Gasteiger partial charge in [0.15, 0.2) is 28.7 Å². The zero-order valence-electron chi connectivity index (χ0n) is 19.6. The molecular weight excluding hydrogens is 492 g/mol. The monoisotopic (exact) mass is 517 g/mol. The average Bonchev–Trinajstić information content (AvgIpc) is 3.39. The van der Waals surface area contributed by atoms with Crippen molar-refractivity contribution in [2.24, 2.45) is 5.92 Å². The Hall–Kier alpha value is -2.97. The molecule has 0 fully saturated rings. The van der Waals surface area contributed by atoms with Gasteiger partial charge in [-0.25, -0.2) is 8.78 Å². The summed E-state index contributed by atoms with van der Waals surface area (Å²) in [5, 5.41) is 22.0. The van der Waals surface area contributed by atoms with Gasteiger partial charge in [0.1, 0.15) is 16.9 Å². The number of anilines is 1. The van der Waals surface area contributed by atoms with E-state index in [1.54, 1.807) is 11.5 Å². The van der Waals surface area contributed by atoms with E-state index in [-0.39, 0.29) is 17.4 Å². The van der Waals surface area contributed by atoms with Gasteiger partial charge in [0, 0.05) is 17.5 Å². The number of ether oxygens (including phenoxy) is 1. The van der Waals surface area contributed by atoms with Crippen LogP contribution in [0, 0.1) is 28.9 Å². The first kappa shape index (κ1) is 25.1. The number of amides is 1. The van der Waals surface area contributed by atoms with E-state index < -0.39 is 17.7 Å². The van der Waals surface area contributed by atoms with Gasteiger partial charge in [0.25, 0.3) is 0 Å². The van der Waals surface area contributed by atoms with Crippen LogP contribution in [0.4, 0.5) is 13.8 Å². The molecule has 0 bridgehead atoms. The van der Waals surface area contributed by atoms with Gasteiger partial charge < -0.3 is 14.6 Å². The van der Waals surface area contributed by atoms with Crippen LogP contribution in [0.1, 0.15) is 55.1 Å². The average molecular weight is 518 g/mol. The first-order valence-corrected chi connectivity index (χ1v) is 13.1. The number of fused-ring (bicyclic) bond motifs is 1. The van der Waals surface area contributed by atoms with Crippen molar-refractivity contribution < 1.29 is 18.3 Å². The van der Waals surface area contributed by atoms with Gasteiger partial charge in [-0.05, 0) is 56.7 Å². The molecule has 11 heteroatoms. The third kappa shape index (κ3) is 5.49. The summed E-state index contributed by atoms with van der Waals surface area (Å²) in [6.45, 7) is 6.31. The summed E-state index contributed by atoms with van der Waals surface area (Å²) in [4.78, 5) is 13.9. The molecule has 1 aliphatic carbocycles. The summed E-state index contributed by atoms with van der Waals surface area (Å²) in [5.74, 6) is -0.674. The van der Waals surface area contributed by atoms with E-state index in [0.717, 1.165) is 37.0 Å². The van der Waals surface area contributed by atoms with Gasteiger partial charge in [-0.1, -0.05) is 18.7 Å². The van der Waals surface area contributed by atoms with Crippen molar-refractivity contribution in [3.8, 4) is 11.8 Å². The molecule has 0 saturated heterocycles. The molecule has 2 aromatic heterocycles. The number of nitriles is 1. The zero-order valence-corrected chi connectivity index (χ0v) is 21.2. The number of benzene rings is 1. The normalized spacial score (nSPS) is 15.8. The second kappa shape index (κ2) is 10.7. The van der Waals surface area contributed by atoms with Crippen LogP contribution in [0.2, 0.25) is 0 Å². The maximum absolute atomic E-state index is 14.0.